The third-order valence-electron chi connectivity index (χ3n) is 5.51. The topological polar surface area (TPSA) is 58.5 Å². The van der Waals surface area contributed by atoms with Crippen LogP contribution in [0.3, 0.4) is 0 Å². The monoisotopic (exact) mass is 429 g/mol. The zero-order valence-electron chi connectivity index (χ0n) is 16.7. The van der Waals surface area contributed by atoms with Crippen molar-refractivity contribution in [2.45, 2.75) is 30.8 Å². The quantitative estimate of drug-likeness (QED) is 0.628. The van der Waals surface area contributed by atoms with Gasteiger partial charge < -0.3 is 9.84 Å². The van der Waals surface area contributed by atoms with Crippen LogP contribution in [0.15, 0.2) is 73.3 Å². The van der Waals surface area contributed by atoms with Crippen molar-refractivity contribution in [3.8, 4) is 5.75 Å². The molecule has 1 aliphatic rings. The molecule has 8 heteroatoms. The number of aromatic nitrogens is 2. The Balaban J connectivity index is 1.89. The van der Waals surface area contributed by atoms with Gasteiger partial charge in [-0.25, -0.2) is 0 Å². The predicted molar refractivity (Wildman–Crippen MR) is 108 cm³/mol. The Labute approximate surface area is 178 Å². The third-order valence-corrected chi connectivity index (χ3v) is 5.51. The van der Waals surface area contributed by atoms with Gasteiger partial charge in [0, 0.05) is 35.9 Å². The van der Waals surface area contributed by atoms with E-state index in [1.165, 1.54) is 18.2 Å². The molecule has 0 saturated carbocycles. The molecule has 4 rings (SSSR count). The molecule has 1 saturated heterocycles. The first-order valence-corrected chi connectivity index (χ1v) is 10.0. The Hall–Kier alpha value is -2.97. The van der Waals surface area contributed by atoms with E-state index < -0.39 is 18.0 Å². The van der Waals surface area contributed by atoms with Crippen molar-refractivity contribution in [2.75, 3.05) is 13.1 Å². The number of hydrogen-bond acceptors (Lipinski definition) is 5. The molecule has 0 spiro atoms. The number of nitrogens with zero attached hydrogens (tertiary/aromatic N) is 3. The van der Waals surface area contributed by atoms with Gasteiger partial charge in [0.15, 0.2) is 0 Å². The Kier molecular flexibility index (Phi) is 5.93. The van der Waals surface area contributed by atoms with Crippen molar-refractivity contribution in [1.82, 2.24) is 14.9 Å². The van der Waals surface area contributed by atoms with Crippen LogP contribution < -0.4 is 4.74 Å². The summed E-state index contributed by atoms with van der Waals surface area (Å²) < 4.78 is 42.7. The van der Waals surface area contributed by atoms with Crippen molar-refractivity contribution in [1.29, 1.82) is 0 Å². The number of pyridine rings is 2. The molecule has 1 N–H and O–H groups in total. The van der Waals surface area contributed by atoms with E-state index in [0.717, 1.165) is 12.8 Å². The molecule has 2 aromatic heterocycles. The number of halogens is 3. The molecule has 0 radical (unpaired) electrons. The largest absolute Gasteiger partial charge is 0.573 e. The molecule has 0 bridgehead atoms. The molecular formula is C23H22F3N3O2. The van der Waals surface area contributed by atoms with E-state index in [4.69, 9.17) is 0 Å². The molecular weight excluding hydrogens is 407 g/mol. The Bertz CT molecular complexity index is 954. The first-order valence-electron chi connectivity index (χ1n) is 10.0. The van der Waals surface area contributed by atoms with Crippen LogP contribution in [0.1, 0.15) is 35.6 Å². The van der Waals surface area contributed by atoms with Crippen molar-refractivity contribution < 1.29 is 23.0 Å². The van der Waals surface area contributed by atoms with Gasteiger partial charge in [0.2, 0.25) is 0 Å². The maximum absolute atomic E-state index is 12.8. The smallest absolute Gasteiger partial charge is 0.406 e. The van der Waals surface area contributed by atoms with Gasteiger partial charge >= 0.3 is 6.36 Å². The van der Waals surface area contributed by atoms with Gasteiger partial charge in [-0.05, 0) is 55.8 Å². The van der Waals surface area contributed by atoms with Crippen LogP contribution in [0.25, 0.3) is 0 Å². The number of likely N-dealkylation sites (tertiary alicyclic amines) is 1. The average Bonchev–Trinajstić information content (AvgIpc) is 3.28. The van der Waals surface area contributed by atoms with E-state index in [1.807, 2.05) is 0 Å². The second kappa shape index (κ2) is 8.64. The summed E-state index contributed by atoms with van der Waals surface area (Å²) in [4.78, 5) is 10.4. The lowest BCUT2D eigenvalue weighted by molar-refractivity contribution is -0.274. The van der Waals surface area contributed by atoms with Gasteiger partial charge in [0.1, 0.15) is 11.4 Å². The minimum absolute atomic E-state index is 0.325. The lowest BCUT2D eigenvalue weighted by Crippen LogP contribution is -2.44. The van der Waals surface area contributed by atoms with Crippen LogP contribution >= 0.6 is 0 Å². The number of rotatable bonds is 6. The summed E-state index contributed by atoms with van der Waals surface area (Å²) in [5.41, 5.74) is -0.0214. The fourth-order valence-corrected chi connectivity index (χ4v) is 4.26. The molecule has 1 aromatic carbocycles. The summed E-state index contributed by atoms with van der Waals surface area (Å²) in [6.07, 6.45) is 3.44. The number of benzene rings is 1. The maximum atomic E-state index is 12.8. The second-order valence-electron chi connectivity index (χ2n) is 7.52. The van der Waals surface area contributed by atoms with Crippen molar-refractivity contribution in [3.05, 3.63) is 90.0 Å². The van der Waals surface area contributed by atoms with Crippen molar-refractivity contribution in [2.24, 2.45) is 0 Å². The van der Waals surface area contributed by atoms with Crippen LogP contribution in [-0.4, -0.2) is 39.4 Å². The van der Waals surface area contributed by atoms with Gasteiger partial charge in [-0.15, -0.1) is 13.2 Å². The summed E-state index contributed by atoms with van der Waals surface area (Å²) >= 11 is 0. The van der Waals surface area contributed by atoms with E-state index in [0.29, 0.717) is 29.8 Å². The molecule has 0 amide bonds. The number of ether oxygens (including phenoxy) is 1. The van der Waals surface area contributed by atoms with Gasteiger partial charge in [0.05, 0.1) is 6.04 Å². The molecule has 1 aliphatic heterocycles. The first kappa shape index (κ1) is 21.3. The van der Waals surface area contributed by atoms with Crippen LogP contribution in [0.5, 0.6) is 5.75 Å². The lowest BCUT2D eigenvalue weighted by Gasteiger charge is -2.42. The van der Waals surface area contributed by atoms with Crippen molar-refractivity contribution >= 4 is 0 Å². The minimum Gasteiger partial charge on any atom is -0.406 e. The van der Waals surface area contributed by atoms with Gasteiger partial charge in [-0.1, -0.05) is 24.3 Å². The highest BCUT2D eigenvalue weighted by atomic mass is 19.4. The highest BCUT2D eigenvalue weighted by molar-refractivity contribution is 5.41. The molecule has 5 nitrogen and oxygen atoms in total. The first-order chi connectivity index (χ1) is 14.9. The molecule has 1 fully saturated rings. The molecule has 1 atom stereocenters. The van der Waals surface area contributed by atoms with Gasteiger partial charge in [-0.2, -0.15) is 0 Å². The SMILES string of the molecule is OC(c1cccnc1)(c1cccnc1)C(c1cccc(OC(F)(F)F)c1)N1CCCC1. The highest BCUT2D eigenvalue weighted by Crippen LogP contribution is 2.46. The fourth-order valence-electron chi connectivity index (χ4n) is 4.26. The Morgan fingerprint density at radius 2 is 1.52 bits per heavy atom. The zero-order valence-corrected chi connectivity index (χ0v) is 16.7. The normalized spacial score (nSPS) is 16.3. The molecule has 0 aliphatic carbocycles. The van der Waals surface area contributed by atoms with E-state index in [1.54, 1.807) is 55.1 Å². The predicted octanol–water partition coefficient (Wildman–Crippen LogP) is 4.45. The molecule has 31 heavy (non-hydrogen) atoms. The molecule has 162 valence electrons. The summed E-state index contributed by atoms with van der Waals surface area (Å²) in [6.45, 7) is 1.41. The highest BCUT2D eigenvalue weighted by Gasteiger charge is 2.45. The third kappa shape index (κ3) is 4.55. The average molecular weight is 429 g/mol. The second-order valence-corrected chi connectivity index (χ2v) is 7.52. The van der Waals surface area contributed by atoms with Crippen LogP contribution in [-0.2, 0) is 5.60 Å². The molecule has 3 aromatic rings. The summed E-state index contributed by atoms with van der Waals surface area (Å²) in [6, 6.07) is 12.1. The van der Waals surface area contributed by atoms with E-state index >= 15 is 0 Å². The van der Waals surface area contributed by atoms with Crippen LogP contribution in [0.2, 0.25) is 0 Å². The van der Waals surface area contributed by atoms with E-state index in [-0.39, 0.29) is 5.75 Å². The van der Waals surface area contributed by atoms with Crippen LogP contribution in [0.4, 0.5) is 13.2 Å². The molecule has 1 unspecified atom stereocenters. The Morgan fingerprint density at radius 1 is 0.903 bits per heavy atom. The van der Waals surface area contributed by atoms with E-state index in [2.05, 4.69) is 19.6 Å². The van der Waals surface area contributed by atoms with Crippen LogP contribution in [0, 0.1) is 0 Å². The summed E-state index contributed by atoms with van der Waals surface area (Å²) in [7, 11) is 0. The number of alkyl halides is 3. The fraction of sp³-hybridized carbons (Fsp3) is 0.304. The number of hydrogen-bond donors (Lipinski definition) is 1. The standard InChI is InChI=1S/C23H22F3N3O2/c24-23(25,26)31-20-9-3-6-17(14-20)21(29-12-1-2-13-29)22(30,18-7-4-10-27-15-18)19-8-5-11-28-16-19/h3-11,14-16,21,30H,1-2,12-13H2. The summed E-state index contributed by atoms with van der Waals surface area (Å²) in [5, 5.41) is 12.3. The summed E-state index contributed by atoms with van der Waals surface area (Å²) in [5.74, 6) is -0.325. The van der Waals surface area contributed by atoms with Gasteiger partial charge in [-0.3, -0.25) is 14.9 Å². The van der Waals surface area contributed by atoms with E-state index in [9.17, 15) is 18.3 Å². The number of aliphatic hydroxyl groups is 1. The Morgan fingerprint density at radius 3 is 2.03 bits per heavy atom. The lowest BCUT2D eigenvalue weighted by atomic mass is 9.77. The van der Waals surface area contributed by atoms with Crippen molar-refractivity contribution in [3.63, 3.8) is 0 Å². The molecule has 3 heterocycles. The zero-order chi connectivity index (χ0) is 21.9. The minimum atomic E-state index is -4.80. The maximum Gasteiger partial charge on any atom is 0.573 e. The van der Waals surface area contributed by atoms with Gasteiger partial charge in [0.25, 0.3) is 0 Å².